The van der Waals surface area contributed by atoms with Crippen LogP contribution in [-0.4, -0.2) is 49.8 Å². The molecule has 1 aliphatic heterocycles. The van der Waals surface area contributed by atoms with Crippen LogP contribution in [0.4, 0.5) is 0 Å². The Hall–Kier alpha value is -0.850. The van der Waals surface area contributed by atoms with E-state index in [4.69, 9.17) is 9.47 Å². The van der Waals surface area contributed by atoms with E-state index in [9.17, 15) is 9.59 Å². The summed E-state index contributed by atoms with van der Waals surface area (Å²) in [6.07, 6.45) is 3.13. The van der Waals surface area contributed by atoms with Gasteiger partial charge in [0.1, 0.15) is 6.04 Å². The number of amides is 1. The Labute approximate surface area is 138 Å². The van der Waals surface area contributed by atoms with Gasteiger partial charge in [-0.25, -0.2) is 0 Å². The molecule has 0 aromatic carbocycles. The van der Waals surface area contributed by atoms with E-state index in [1.807, 2.05) is 13.8 Å². The van der Waals surface area contributed by atoms with E-state index in [-0.39, 0.29) is 48.4 Å². The van der Waals surface area contributed by atoms with Crippen LogP contribution in [0, 0.1) is 5.92 Å². The van der Waals surface area contributed by atoms with Gasteiger partial charge in [-0.2, -0.15) is 0 Å². The van der Waals surface area contributed by atoms with Gasteiger partial charge in [0.05, 0.1) is 25.2 Å². The highest BCUT2D eigenvalue weighted by atomic mass is 35.5. The number of ether oxygens (including phenoxy) is 2. The van der Waals surface area contributed by atoms with Crippen LogP contribution in [0.25, 0.3) is 0 Å². The van der Waals surface area contributed by atoms with E-state index in [0.29, 0.717) is 19.8 Å². The topological polar surface area (TPSA) is 76.7 Å². The van der Waals surface area contributed by atoms with Gasteiger partial charge < -0.3 is 20.1 Å². The maximum absolute atomic E-state index is 12.2. The zero-order chi connectivity index (χ0) is 15.2. The van der Waals surface area contributed by atoms with Crippen molar-refractivity contribution >= 4 is 24.3 Å². The van der Waals surface area contributed by atoms with E-state index in [2.05, 4.69) is 10.6 Å². The van der Waals surface area contributed by atoms with Crippen molar-refractivity contribution < 1.29 is 19.1 Å². The third-order valence-corrected chi connectivity index (χ3v) is 4.29. The van der Waals surface area contributed by atoms with Gasteiger partial charge in [0.25, 0.3) is 0 Å². The molecule has 6 nitrogen and oxygen atoms in total. The maximum Gasteiger partial charge on any atom is 0.308 e. The van der Waals surface area contributed by atoms with Crippen molar-refractivity contribution in [2.75, 3.05) is 19.8 Å². The lowest BCUT2D eigenvalue weighted by molar-refractivity contribution is -0.149. The van der Waals surface area contributed by atoms with Crippen LogP contribution < -0.4 is 10.6 Å². The molecule has 0 spiro atoms. The lowest BCUT2D eigenvalue weighted by Gasteiger charge is -2.33. The number of esters is 1. The first kappa shape index (κ1) is 19.2. The molecule has 2 rings (SSSR count). The standard InChI is InChI=1S/C15H26N2O4.ClH/c1-3-20-15(19)11-4-6-12(7-5-11)17-14(18)13-10(2)21-9-8-16-13;/h10-13,16H,3-9H2,1-2H3,(H,17,18);1H/t10-,11?,12?,13+;/m1./s1. The summed E-state index contributed by atoms with van der Waals surface area (Å²) in [6.45, 7) is 5.52. The summed E-state index contributed by atoms with van der Waals surface area (Å²) in [5.41, 5.74) is 0. The van der Waals surface area contributed by atoms with Gasteiger partial charge in [-0.1, -0.05) is 0 Å². The first-order chi connectivity index (χ1) is 10.1. The van der Waals surface area contributed by atoms with Crippen molar-refractivity contribution in [3.05, 3.63) is 0 Å². The first-order valence-electron chi connectivity index (χ1n) is 7.93. The molecule has 1 aliphatic carbocycles. The Morgan fingerprint density at radius 1 is 1.27 bits per heavy atom. The highest BCUT2D eigenvalue weighted by Crippen LogP contribution is 2.25. The monoisotopic (exact) mass is 334 g/mol. The molecule has 0 bridgehead atoms. The molecule has 2 atom stereocenters. The van der Waals surface area contributed by atoms with Crippen LogP contribution in [-0.2, 0) is 19.1 Å². The van der Waals surface area contributed by atoms with Gasteiger partial charge in [-0.3, -0.25) is 9.59 Å². The summed E-state index contributed by atoms with van der Waals surface area (Å²) in [4.78, 5) is 23.9. The molecule has 2 N–H and O–H groups in total. The summed E-state index contributed by atoms with van der Waals surface area (Å²) in [7, 11) is 0. The molecule has 0 aromatic heterocycles. The quantitative estimate of drug-likeness (QED) is 0.751. The number of rotatable bonds is 4. The highest BCUT2D eigenvalue weighted by molar-refractivity contribution is 5.85. The Bertz CT molecular complexity index is 373. The third kappa shape index (κ3) is 5.11. The minimum atomic E-state index is -0.276. The normalized spacial score (nSPS) is 31.7. The Kier molecular flexibility index (Phi) is 8.14. The van der Waals surface area contributed by atoms with Crippen molar-refractivity contribution in [1.82, 2.24) is 10.6 Å². The number of halogens is 1. The van der Waals surface area contributed by atoms with Gasteiger partial charge in [-0.15, -0.1) is 12.4 Å². The Morgan fingerprint density at radius 2 is 1.95 bits per heavy atom. The fourth-order valence-corrected chi connectivity index (χ4v) is 3.05. The molecule has 22 heavy (non-hydrogen) atoms. The number of carbonyl (C=O) groups is 2. The molecule has 2 aliphatic rings. The molecule has 2 fully saturated rings. The van der Waals surface area contributed by atoms with Crippen LogP contribution >= 0.6 is 12.4 Å². The number of hydrogen-bond acceptors (Lipinski definition) is 5. The molecule has 1 saturated carbocycles. The molecule has 1 amide bonds. The van der Waals surface area contributed by atoms with E-state index >= 15 is 0 Å². The number of carbonyl (C=O) groups excluding carboxylic acids is 2. The molecule has 0 aromatic rings. The maximum atomic E-state index is 12.2. The summed E-state index contributed by atoms with van der Waals surface area (Å²) in [6, 6.07) is -0.124. The number of hydrogen-bond donors (Lipinski definition) is 2. The Morgan fingerprint density at radius 3 is 2.55 bits per heavy atom. The predicted octanol–water partition coefficient (Wildman–Crippen LogP) is 1.02. The van der Waals surface area contributed by atoms with Gasteiger partial charge in [-0.05, 0) is 39.5 Å². The molecule has 0 unspecified atom stereocenters. The van der Waals surface area contributed by atoms with Gasteiger partial charge >= 0.3 is 5.97 Å². The lowest BCUT2D eigenvalue weighted by atomic mass is 9.86. The second-order valence-corrected chi connectivity index (χ2v) is 5.82. The predicted molar refractivity (Wildman–Crippen MR) is 85.0 cm³/mol. The SMILES string of the molecule is CCOC(=O)C1CCC(NC(=O)[C@H]2NCCO[C@@H]2C)CC1.Cl. The van der Waals surface area contributed by atoms with Crippen molar-refractivity contribution in [1.29, 1.82) is 0 Å². The largest absolute Gasteiger partial charge is 0.466 e. The molecule has 1 saturated heterocycles. The summed E-state index contributed by atoms with van der Waals surface area (Å²) < 4.78 is 10.5. The van der Waals surface area contributed by atoms with Crippen LogP contribution in [0.1, 0.15) is 39.5 Å². The van der Waals surface area contributed by atoms with E-state index in [1.165, 1.54) is 0 Å². The van der Waals surface area contributed by atoms with E-state index in [1.54, 1.807) is 0 Å². The van der Waals surface area contributed by atoms with Gasteiger partial charge in [0, 0.05) is 12.6 Å². The fourth-order valence-electron chi connectivity index (χ4n) is 3.05. The fraction of sp³-hybridized carbons (Fsp3) is 0.867. The molecule has 0 radical (unpaired) electrons. The second-order valence-electron chi connectivity index (χ2n) is 5.82. The molecular weight excluding hydrogens is 308 g/mol. The molecular formula is C15H27ClN2O4. The average molecular weight is 335 g/mol. The van der Waals surface area contributed by atoms with Crippen LogP contribution in [0.5, 0.6) is 0 Å². The van der Waals surface area contributed by atoms with E-state index < -0.39 is 0 Å². The van der Waals surface area contributed by atoms with Gasteiger partial charge in [0.2, 0.25) is 5.91 Å². The number of morpholine rings is 1. The molecule has 128 valence electrons. The third-order valence-electron chi connectivity index (χ3n) is 4.29. The minimum absolute atomic E-state index is 0. The lowest BCUT2D eigenvalue weighted by Crippen LogP contribution is -2.57. The van der Waals surface area contributed by atoms with Crippen LogP contribution in [0.3, 0.4) is 0 Å². The zero-order valence-electron chi connectivity index (χ0n) is 13.3. The average Bonchev–Trinajstić information content (AvgIpc) is 2.48. The van der Waals surface area contributed by atoms with Gasteiger partial charge in [0.15, 0.2) is 0 Å². The molecule has 1 heterocycles. The van der Waals surface area contributed by atoms with Crippen molar-refractivity contribution in [3.63, 3.8) is 0 Å². The van der Waals surface area contributed by atoms with Crippen molar-refractivity contribution in [2.24, 2.45) is 5.92 Å². The summed E-state index contributed by atoms with van der Waals surface area (Å²) >= 11 is 0. The highest BCUT2D eigenvalue weighted by Gasteiger charge is 2.32. The van der Waals surface area contributed by atoms with Crippen molar-refractivity contribution in [2.45, 2.75) is 57.7 Å². The minimum Gasteiger partial charge on any atom is -0.466 e. The van der Waals surface area contributed by atoms with Crippen molar-refractivity contribution in [3.8, 4) is 0 Å². The van der Waals surface area contributed by atoms with E-state index in [0.717, 1.165) is 25.7 Å². The molecule has 7 heteroatoms. The smallest absolute Gasteiger partial charge is 0.308 e. The Balaban J connectivity index is 0.00000242. The zero-order valence-corrected chi connectivity index (χ0v) is 14.1. The first-order valence-corrected chi connectivity index (χ1v) is 7.93. The second kappa shape index (κ2) is 9.33. The summed E-state index contributed by atoms with van der Waals surface area (Å²) in [5, 5.41) is 6.27. The van der Waals surface area contributed by atoms with Crippen LogP contribution in [0.15, 0.2) is 0 Å². The number of nitrogens with one attached hydrogen (secondary N) is 2. The summed E-state index contributed by atoms with van der Waals surface area (Å²) in [5.74, 6) is -0.104. The van der Waals surface area contributed by atoms with Crippen LogP contribution in [0.2, 0.25) is 0 Å².